The lowest BCUT2D eigenvalue weighted by molar-refractivity contribution is -0.125. The van der Waals surface area contributed by atoms with Gasteiger partial charge in [-0.05, 0) is 6.42 Å². The quantitative estimate of drug-likeness (QED) is 0.611. The van der Waals surface area contributed by atoms with Crippen molar-refractivity contribution in [3.8, 4) is 0 Å². The maximum absolute atomic E-state index is 11.7. The maximum atomic E-state index is 11.7. The lowest BCUT2D eigenvalue weighted by Crippen LogP contribution is -2.31. The van der Waals surface area contributed by atoms with Crippen molar-refractivity contribution in [3.05, 3.63) is 0 Å². The van der Waals surface area contributed by atoms with E-state index in [0.29, 0.717) is 13.2 Å². The molecule has 0 heterocycles. The van der Waals surface area contributed by atoms with Crippen LogP contribution < -0.4 is 5.32 Å². The van der Waals surface area contributed by atoms with E-state index in [1.54, 1.807) is 0 Å². The van der Waals surface area contributed by atoms with Gasteiger partial charge in [0, 0.05) is 13.2 Å². The average molecular weight is 227 g/mol. The molecule has 0 unspecified atom stereocenters. The van der Waals surface area contributed by atoms with Gasteiger partial charge in [0.2, 0.25) is 0 Å². The predicted octanol–water partition coefficient (Wildman–Crippen LogP) is 2.74. The molecule has 0 radical (unpaired) electrons. The normalized spacial score (nSPS) is 12.0. The van der Waals surface area contributed by atoms with Gasteiger partial charge in [-0.1, -0.05) is 26.2 Å². The highest BCUT2D eigenvalue weighted by atomic mass is 19.4. The summed E-state index contributed by atoms with van der Waals surface area (Å²) in [4.78, 5) is 0. The van der Waals surface area contributed by atoms with E-state index < -0.39 is 12.7 Å². The monoisotopic (exact) mass is 227 g/mol. The maximum Gasteiger partial charge on any atom is 0.401 e. The lowest BCUT2D eigenvalue weighted by atomic mass is 10.2. The fourth-order valence-electron chi connectivity index (χ4n) is 1.11. The molecule has 2 nitrogen and oxygen atoms in total. The van der Waals surface area contributed by atoms with Gasteiger partial charge in [0.1, 0.15) is 0 Å². The third-order valence-corrected chi connectivity index (χ3v) is 1.89. The Labute approximate surface area is 89.2 Å². The predicted molar refractivity (Wildman–Crippen MR) is 53.9 cm³/mol. The SMILES string of the molecule is CCCCCCOCCNCC(F)(F)F. The van der Waals surface area contributed by atoms with Crippen LogP contribution in [0.25, 0.3) is 0 Å². The molecule has 0 saturated heterocycles. The Hall–Kier alpha value is -0.290. The molecular formula is C10H20F3NO. The third-order valence-electron chi connectivity index (χ3n) is 1.89. The summed E-state index contributed by atoms with van der Waals surface area (Å²) in [6.45, 7) is 2.44. The zero-order chi connectivity index (χ0) is 11.6. The molecule has 0 fully saturated rings. The summed E-state index contributed by atoms with van der Waals surface area (Å²) in [7, 11) is 0. The van der Waals surface area contributed by atoms with Crippen LogP contribution in [0.15, 0.2) is 0 Å². The van der Waals surface area contributed by atoms with Crippen molar-refractivity contribution in [1.82, 2.24) is 5.32 Å². The van der Waals surface area contributed by atoms with Gasteiger partial charge in [0.05, 0.1) is 13.2 Å². The molecule has 1 N–H and O–H groups in total. The number of rotatable bonds is 9. The zero-order valence-electron chi connectivity index (χ0n) is 9.20. The van der Waals surface area contributed by atoms with E-state index in [2.05, 4.69) is 12.2 Å². The summed E-state index contributed by atoms with van der Waals surface area (Å²) in [5.74, 6) is 0. The minimum absolute atomic E-state index is 0.257. The number of unbranched alkanes of at least 4 members (excludes halogenated alkanes) is 3. The molecule has 0 aliphatic heterocycles. The smallest absolute Gasteiger partial charge is 0.380 e. The molecule has 92 valence electrons. The molecule has 0 saturated carbocycles. The van der Waals surface area contributed by atoms with Gasteiger partial charge in [-0.3, -0.25) is 0 Å². The number of ether oxygens (including phenoxy) is 1. The molecular weight excluding hydrogens is 207 g/mol. The van der Waals surface area contributed by atoms with Gasteiger partial charge in [-0.25, -0.2) is 0 Å². The van der Waals surface area contributed by atoms with Crippen molar-refractivity contribution in [1.29, 1.82) is 0 Å². The minimum atomic E-state index is -4.12. The second kappa shape index (κ2) is 8.97. The lowest BCUT2D eigenvalue weighted by Gasteiger charge is -2.08. The minimum Gasteiger partial charge on any atom is -0.380 e. The molecule has 0 aromatic carbocycles. The van der Waals surface area contributed by atoms with Crippen molar-refractivity contribution < 1.29 is 17.9 Å². The van der Waals surface area contributed by atoms with Crippen molar-refractivity contribution in [2.24, 2.45) is 0 Å². The van der Waals surface area contributed by atoms with E-state index in [9.17, 15) is 13.2 Å². The van der Waals surface area contributed by atoms with Crippen molar-refractivity contribution in [3.63, 3.8) is 0 Å². The van der Waals surface area contributed by atoms with Crippen LogP contribution in [0.4, 0.5) is 13.2 Å². The molecule has 0 spiro atoms. The summed E-state index contributed by atoms with van der Waals surface area (Å²) in [5.41, 5.74) is 0. The molecule has 0 atom stereocenters. The first-order chi connectivity index (χ1) is 7.06. The van der Waals surface area contributed by atoms with Crippen molar-refractivity contribution in [2.75, 3.05) is 26.3 Å². The summed E-state index contributed by atoms with van der Waals surface area (Å²) >= 11 is 0. The van der Waals surface area contributed by atoms with Gasteiger partial charge in [0.15, 0.2) is 0 Å². The van der Waals surface area contributed by atoms with Crippen LogP contribution in [0.5, 0.6) is 0 Å². The topological polar surface area (TPSA) is 21.3 Å². The summed E-state index contributed by atoms with van der Waals surface area (Å²) in [5, 5.41) is 2.28. The second-order valence-electron chi connectivity index (χ2n) is 3.46. The number of hydrogen-bond donors (Lipinski definition) is 1. The first-order valence-electron chi connectivity index (χ1n) is 5.41. The molecule has 0 aromatic heterocycles. The van der Waals surface area contributed by atoms with E-state index >= 15 is 0 Å². The second-order valence-corrected chi connectivity index (χ2v) is 3.46. The summed E-state index contributed by atoms with van der Waals surface area (Å²) in [6.07, 6.45) is 0.365. The van der Waals surface area contributed by atoms with Crippen LogP contribution in [0.3, 0.4) is 0 Å². The Morgan fingerprint density at radius 3 is 2.40 bits per heavy atom. The Morgan fingerprint density at radius 2 is 1.80 bits per heavy atom. The Balaban J connectivity index is 2.99. The van der Waals surface area contributed by atoms with Crippen LogP contribution in [-0.4, -0.2) is 32.5 Å². The van der Waals surface area contributed by atoms with E-state index in [-0.39, 0.29) is 6.54 Å². The van der Waals surface area contributed by atoms with Crippen LogP contribution in [0.1, 0.15) is 32.6 Å². The number of halogens is 3. The number of nitrogens with one attached hydrogen (secondary N) is 1. The highest BCUT2D eigenvalue weighted by molar-refractivity contribution is 4.54. The Morgan fingerprint density at radius 1 is 1.07 bits per heavy atom. The first kappa shape index (κ1) is 14.7. The molecule has 5 heteroatoms. The first-order valence-corrected chi connectivity index (χ1v) is 5.41. The molecule has 0 amide bonds. The molecule has 0 bridgehead atoms. The number of hydrogen-bond acceptors (Lipinski definition) is 2. The van der Waals surface area contributed by atoms with Crippen molar-refractivity contribution in [2.45, 2.75) is 38.8 Å². The van der Waals surface area contributed by atoms with Gasteiger partial charge < -0.3 is 10.1 Å². The Kier molecular flexibility index (Phi) is 8.80. The number of alkyl halides is 3. The molecule has 0 aliphatic carbocycles. The highest BCUT2D eigenvalue weighted by Crippen LogP contribution is 2.11. The average Bonchev–Trinajstić information content (AvgIpc) is 2.14. The van der Waals surface area contributed by atoms with Crippen LogP contribution in [0.2, 0.25) is 0 Å². The Bertz CT molecular complexity index is 139. The van der Waals surface area contributed by atoms with E-state index in [4.69, 9.17) is 4.74 Å². The van der Waals surface area contributed by atoms with Gasteiger partial charge in [0.25, 0.3) is 0 Å². The molecule has 15 heavy (non-hydrogen) atoms. The fourth-order valence-corrected chi connectivity index (χ4v) is 1.11. The largest absolute Gasteiger partial charge is 0.401 e. The molecule has 0 aromatic rings. The van der Waals surface area contributed by atoms with Gasteiger partial charge >= 0.3 is 6.18 Å². The van der Waals surface area contributed by atoms with Crippen LogP contribution in [0, 0.1) is 0 Å². The van der Waals surface area contributed by atoms with Gasteiger partial charge in [-0.2, -0.15) is 13.2 Å². The summed E-state index contributed by atoms with van der Waals surface area (Å²) < 4.78 is 40.2. The fraction of sp³-hybridized carbons (Fsp3) is 1.00. The van der Waals surface area contributed by atoms with Crippen LogP contribution >= 0.6 is 0 Å². The molecule has 0 rings (SSSR count). The van der Waals surface area contributed by atoms with E-state index in [1.807, 2.05) is 0 Å². The standard InChI is InChI=1S/C10H20F3NO/c1-2-3-4-5-7-15-8-6-14-9-10(11,12)13/h14H,2-9H2,1H3. The van der Waals surface area contributed by atoms with Crippen LogP contribution in [-0.2, 0) is 4.74 Å². The van der Waals surface area contributed by atoms with E-state index in [0.717, 1.165) is 12.8 Å². The van der Waals surface area contributed by atoms with Crippen molar-refractivity contribution >= 4 is 0 Å². The zero-order valence-corrected chi connectivity index (χ0v) is 9.20. The van der Waals surface area contributed by atoms with E-state index in [1.165, 1.54) is 12.8 Å². The van der Waals surface area contributed by atoms with Gasteiger partial charge in [-0.15, -0.1) is 0 Å². The molecule has 0 aliphatic rings. The third kappa shape index (κ3) is 13.7. The summed E-state index contributed by atoms with van der Waals surface area (Å²) in [6, 6.07) is 0. The highest BCUT2D eigenvalue weighted by Gasteiger charge is 2.25.